The summed E-state index contributed by atoms with van der Waals surface area (Å²) in [6.07, 6.45) is 1.90. The van der Waals surface area contributed by atoms with Crippen LogP contribution in [0, 0.1) is 0 Å². The zero-order valence-corrected chi connectivity index (χ0v) is 13.8. The van der Waals surface area contributed by atoms with Crippen molar-refractivity contribution in [2.24, 2.45) is 0 Å². The number of fused-ring (bicyclic) bond motifs is 5. The zero-order chi connectivity index (χ0) is 16.8. The van der Waals surface area contributed by atoms with E-state index < -0.39 is 0 Å². The van der Waals surface area contributed by atoms with Crippen molar-refractivity contribution in [2.45, 2.75) is 0 Å². The molecule has 0 unspecified atom stereocenters. The highest BCUT2D eigenvalue weighted by atomic mass is 15.0. The van der Waals surface area contributed by atoms with Crippen molar-refractivity contribution in [3.63, 3.8) is 0 Å². The summed E-state index contributed by atoms with van der Waals surface area (Å²) in [5, 5.41) is 5.14. The van der Waals surface area contributed by atoms with Crippen molar-refractivity contribution < 1.29 is 0 Å². The van der Waals surface area contributed by atoms with Crippen LogP contribution in [0.4, 0.5) is 0 Å². The van der Waals surface area contributed by atoms with Gasteiger partial charge in [0, 0.05) is 16.5 Å². The molecule has 0 saturated carbocycles. The second-order valence-corrected chi connectivity index (χ2v) is 6.33. The van der Waals surface area contributed by atoms with Crippen LogP contribution in [0.1, 0.15) is 5.56 Å². The molecule has 0 saturated heterocycles. The van der Waals surface area contributed by atoms with Crippen molar-refractivity contribution in [1.29, 1.82) is 0 Å². The van der Waals surface area contributed by atoms with Gasteiger partial charge in [0.1, 0.15) is 0 Å². The lowest BCUT2D eigenvalue weighted by Crippen LogP contribution is -1.92. The summed E-state index contributed by atoms with van der Waals surface area (Å²) in [6.45, 7) is 3.89. The topological polar surface area (TPSA) is 4.93 Å². The Morgan fingerprint density at radius 2 is 1.48 bits per heavy atom. The SMILES string of the molecule is C=Cc1ccc2c(ccc3c2c2ccccc2n3-c2ccccc2)c1. The molecule has 0 aliphatic carbocycles. The summed E-state index contributed by atoms with van der Waals surface area (Å²) in [5.74, 6) is 0. The molecule has 1 nitrogen and oxygen atoms in total. The van der Waals surface area contributed by atoms with Crippen molar-refractivity contribution in [3.05, 3.63) is 97.1 Å². The van der Waals surface area contributed by atoms with Gasteiger partial charge < -0.3 is 4.57 Å². The Balaban J connectivity index is 2.01. The molecule has 5 aromatic rings. The van der Waals surface area contributed by atoms with Crippen molar-refractivity contribution in [2.75, 3.05) is 0 Å². The number of para-hydroxylation sites is 2. The van der Waals surface area contributed by atoms with E-state index in [9.17, 15) is 0 Å². The zero-order valence-electron chi connectivity index (χ0n) is 13.8. The lowest BCUT2D eigenvalue weighted by Gasteiger charge is -2.08. The molecule has 0 atom stereocenters. The summed E-state index contributed by atoms with van der Waals surface area (Å²) < 4.78 is 2.35. The molecule has 1 aromatic heterocycles. The first-order valence-corrected chi connectivity index (χ1v) is 8.50. The lowest BCUT2D eigenvalue weighted by molar-refractivity contribution is 1.18. The van der Waals surface area contributed by atoms with Crippen LogP contribution in [0.15, 0.2) is 91.5 Å². The summed E-state index contributed by atoms with van der Waals surface area (Å²) in [5.41, 5.74) is 4.82. The third-order valence-corrected chi connectivity index (χ3v) is 4.93. The quantitative estimate of drug-likeness (QED) is 0.346. The molecule has 1 heteroatoms. The minimum Gasteiger partial charge on any atom is -0.309 e. The average Bonchev–Trinajstić information content (AvgIpc) is 3.03. The molecule has 0 aliphatic rings. The Kier molecular flexibility index (Phi) is 3.01. The Hall–Kier alpha value is -3.32. The first-order chi connectivity index (χ1) is 12.4. The molecular formula is C24H17N. The number of benzene rings is 4. The summed E-state index contributed by atoms with van der Waals surface area (Å²) in [6, 6.07) is 30.2. The predicted octanol–water partition coefficient (Wildman–Crippen LogP) is 6.58. The van der Waals surface area contributed by atoms with Gasteiger partial charge in [-0.2, -0.15) is 0 Å². The Bertz CT molecular complexity index is 1240. The smallest absolute Gasteiger partial charge is 0.0547 e. The van der Waals surface area contributed by atoms with Gasteiger partial charge in [-0.1, -0.05) is 67.3 Å². The molecule has 4 aromatic carbocycles. The molecule has 118 valence electrons. The first kappa shape index (κ1) is 14.1. The van der Waals surface area contributed by atoms with Crippen LogP contribution >= 0.6 is 0 Å². The van der Waals surface area contributed by atoms with Gasteiger partial charge in [0.2, 0.25) is 0 Å². The molecule has 0 fully saturated rings. The van der Waals surface area contributed by atoms with Gasteiger partial charge in [0.15, 0.2) is 0 Å². The predicted molar refractivity (Wildman–Crippen MR) is 108 cm³/mol. The van der Waals surface area contributed by atoms with Gasteiger partial charge in [-0.3, -0.25) is 0 Å². The highest BCUT2D eigenvalue weighted by Crippen LogP contribution is 2.36. The first-order valence-electron chi connectivity index (χ1n) is 8.50. The molecule has 5 rings (SSSR count). The highest BCUT2D eigenvalue weighted by molar-refractivity contribution is 6.21. The number of nitrogens with zero attached hydrogens (tertiary/aromatic N) is 1. The maximum Gasteiger partial charge on any atom is 0.0547 e. The minimum absolute atomic E-state index is 1.15. The van der Waals surface area contributed by atoms with Crippen LogP contribution in [-0.2, 0) is 0 Å². The summed E-state index contributed by atoms with van der Waals surface area (Å²) in [7, 11) is 0. The molecule has 0 aliphatic heterocycles. The van der Waals surface area contributed by atoms with Gasteiger partial charge in [-0.05, 0) is 46.7 Å². The standard InChI is InChI=1S/C24H17N/c1-2-17-12-14-20-18(16-17)13-15-23-24(20)21-10-6-7-11-22(21)25(23)19-8-4-3-5-9-19/h2-16H,1H2. The van der Waals surface area contributed by atoms with Crippen LogP contribution < -0.4 is 0 Å². The maximum absolute atomic E-state index is 3.89. The maximum atomic E-state index is 3.89. The normalized spacial score (nSPS) is 11.4. The van der Waals surface area contributed by atoms with Crippen LogP contribution in [-0.4, -0.2) is 4.57 Å². The van der Waals surface area contributed by atoms with E-state index in [0.717, 1.165) is 5.56 Å². The monoisotopic (exact) mass is 319 g/mol. The molecule has 0 radical (unpaired) electrons. The van der Waals surface area contributed by atoms with E-state index in [4.69, 9.17) is 0 Å². The number of hydrogen-bond donors (Lipinski definition) is 0. The molecule has 0 N–H and O–H groups in total. The van der Waals surface area contributed by atoms with Gasteiger partial charge in [-0.15, -0.1) is 0 Å². The lowest BCUT2D eigenvalue weighted by atomic mass is 10.0. The highest BCUT2D eigenvalue weighted by Gasteiger charge is 2.14. The average molecular weight is 319 g/mol. The molecule has 1 heterocycles. The number of hydrogen-bond acceptors (Lipinski definition) is 0. The van der Waals surface area contributed by atoms with Gasteiger partial charge in [0.25, 0.3) is 0 Å². The van der Waals surface area contributed by atoms with E-state index >= 15 is 0 Å². The van der Waals surface area contributed by atoms with Crippen LogP contribution in [0.25, 0.3) is 44.3 Å². The second kappa shape index (κ2) is 5.35. The molecule has 0 spiro atoms. The van der Waals surface area contributed by atoms with E-state index in [1.807, 2.05) is 6.08 Å². The van der Waals surface area contributed by atoms with Gasteiger partial charge in [0.05, 0.1) is 11.0 Å². The summed E-state index contributed by atoms with van der Waals surface area (Å²) in [4.78, 5) is 0. The molecule has 0 bridgehead atoms. The van der Waals surface area contributed by atoms with Crippen LogP contribution in [0.3, 0.4) is 0 Å². The van der Waals surface area contributed by atoms with E-state index in [1.54, 1.807) is 0 Å². The fourth-order valence-electron chi connectivity index (χ4n) is 3.80. The van der Waals surface area contributed by atoms with E-state index in [1.165, 1.54) is 38.3 Å². The van der Waals surface area contributed by atoms with E-state index in [-0.39, 0.29) is 0 Å². The third kappa shape index (κ3) is 2.03. The molecule has 0 amide bonds. The second-order valence-electron chi connectivity index (χ2n) is 6.33. The van der Waals surface area contributed by atoms with Crippen LogP contribution in [0.5, 0.6) is 0 Å². The Morgan fingerprint density at radius 3 is 2.32 bits per heavy atom. The van der Waals surface area contributed by atoms with Crippen molar-refractivity contribution in [3.8, 4) is 5.69 Å². The van der Waals surface area contributed by atoms with E-state index in [0.29, 0.717) is 0 Å². The largest absolute Gasteiger partial charge is 0.309 e. The minimum atomic E-state index is 1.15. The fourth-order valence-corrected chi connectivity index (χ4v) is 3.80. The number of rotatable bonds is 2. The van der Waals surface area contributed by atoms with Crippen LogP contribution in [0.2, 0.25) is 0 Å². The third-order valence-electron chi connectivity index (χ3n) is 4.93. The van der Waals surface area contributed by atoms with Crippen molar-refractivity contribution >= 4 is 38.7 Å². The van der Waals surface area contributed by atoms with Gasteiger partial charge >= 0.3 is 0 Å². The van der Waals surface area contributed by atoms with Crippen molar-refractivity contribution in [1.82, 2.24) is 4.57 Å². The Labute approximate surface area is 146 Å². The number of aromatic nitrogens is 1. The summed E-state index contributed by atoms with van der Waals surface area (Å²) >= 11 is 0. The van der Waals surface area contributed by atoms with E-state index in [2.05, 4.69) is 96.1 Å². The fraction of sp³-hybridized carbons (Fsp3) is 0. The Morgan fingerprint density at radius 1 is 0.680 bits per heavy atom. The van der Waals surface area contributed by atoms with Gasteiger partial charge in [-0.25, -0.2) is 0 Å². The molecule has 25 heavy (non-hydrogen) atoms. The molecular weight excluding hydrogens is 302 g/mol.